The Morgan fingerprint density at radius 2 is 1.88 bits per heavy atom. The highest BCUT2D eigenvalue weighted by molar-refractivity contribution is 5.11. The van der Waals surface area contributed by atoms with Gasteiger partial charge < -0.3 is 10.3 Å². The van der Waals surface area contributed by atoms with Crippen molar-refractivity contribution in [1.29, 1.82) is 0 Å². The molecule has 1 heterocycles. The fourth-order valence-corrected chi connectivity index (χ4v) is 2.51. The molecular formula is C13H23N3O. The first-order valence-electron chi connectivity index (χ1n) is 6.26. The van der Waals surface area contributed by atoms with Crippen LogP contribution in [0, 0.1) is 5.41 Å². The van der Waals surface area contributed by atoms with Crippen LogP contribution in [0.4, 0.5) is 0 Å². The summed E-state index contributed by atoms with van der Waals surface area (Å²) in [6.45, 7) is 10.7. The quantitative estimate of drug-likeness (QED) is 0.815. The Morgan fingerprint density at radius 1 is 1.24 bits per heavy atom. The van der Waals surface area contributed by atoms with Gasteiger partial charge in [-0.1, -0.05) is 39.8 Å². The van der Waals surface area contributed by atoms with E-state index in [-0.39, 0.29) is 10.8 Å². The minimum Gasteiger partial charge on any atom is -0.339 e. The van der Waals surface area contributed by atoms with Crippen LogP contribution in [0.3, 0.4) is 0 Å². The number of hydrogen-bond acceptors (Lipinski definition) is 4. The molecule has 0 saturated heterocycles. The molecule has 1 unspecified atom stereocenters. The van der Waals surface area contributed by atoms with Crippen molar-refractivity contribution in [1.82, 2.24) is 10.1 Å². The summed E-state index contributed by atoms with van der Waals surface area (Å²) < 4.78 is 5.33. The van der Waals surface area contributed by atoms with Crippen LogP contribution in [0.1, 0.15) is 65.6 Å². The van der Waals surface area contributed by atoms with E-state index >= 15 is 0 Å². The third kappa shape index (κ3) is 2.37. The van der Waals surface area contributed by atoms with Gasteiger partial charge in [-0.15, -0.1) is 0 Å². The molecule has 0 aliphatic heterocycles. The minimum atomic E-state index is -0.406. The van der Waals surface area contributed by atoms with Gasteiger partial charge in [0, 0.05) is 5.41 Å². The van der Waals surface area contributed by atoms with E-state index in [2.05, 4.69) is 44.8 Å². The van der Waals surface area contributed by atoms with Gasteiger partial charge >= 0.3 is 0 Å². The van der Waals surface area contributed by atoms with Gasteiger partial charge in [0.25, 0.3) is 0 Å². The van der Waals surface area contributed by atoms with Crippen molar-refractivity contribution in [3.05, 3.63) is 11.7 Å². The molecule has 4 heteroatoms. The summed E-state index contributed by atoms with van der Waals surface area (Å²) in [5, 5.41) is 4.09. The van der Waals surface area contributed by atoms with E-state index in [4.69, 9.17) is 10.3 Å². The Morgan fingerprint density at radius 3 is 2.29 bits per heavy atom. The molecule has 96 valence electrons. The molecule has 1 aromatic heterocycles. The number of aromatic nitrogens is 2. The van der Waals surface area contributed by atoms with E-state index in [0.29, 0.717) is 11.7 Å². The summed E-state index contributed by atoms with van der Waals surface area (Å²) in [5.41, 5.74) is 6.18. The molecule has 0 amide bonds. The highest BCUT2D eigenvalue weighted by atomic mass is 16.5. The topological polar surface area (TPSA) is 64.9 Å². The minimum absolute atomic E-state index is 0.115. The summed E-state index contributed by atoms with van der Waals surface area (Å²) in [6, 6.07) is 0. The summed E-state index contributed by atoms with van der Waals surface area (Å²) in [4.78, 5) is 4.50. The standard InChI is InChI=1S/C13H23N3O/c1-11(2,3)10-15-9(16-17-10)13(14)7-6-12(4,5)8-13/h6-8,14H2,1-5H3. The van der Waals surface area contributed by atoms with Crippen molar-refractivity contribution in [3.63, 3.8) is 0 Å². The second kappa shape index (κ2) is 3.55. The van der Waals surface area contributed by atoms with Gasteiger partial charge in [0.1, 0.15) is 0 Å². The van der Waals surface area contributed by atoms with Gasteiger partial charge in [0.2, 0.25) is 5.89 Å². The monoisotopic (exact) mass is 237 g/mol. The van der Waals surface area contributed by atoms with Gasteiger partial charge in [0.05, 0.1) is 5.54 Å². The highest BCUT2D eigenvalue weighted by Gasteiger charge is 2.45. The Balaban J connectivity index is 2.27. The predicted molar refractivity (Wildman–Crippen MR) is 66.5 cm³/mol. The van der Waals surface area contributed by atoms with Crippen molar-refractivity contribution in [2.24, 2.45) is 11.1 Å². The first kappa shape index (κ1) is 12.6. The highest BCUT2D eigenvalue weighted by Crippen LogP contribution is 2.46. The molecule has 0 spiro atoms. The molecule has 1 fully saturated rings. The van der Waals surface area contributed by atoms with Crippen LogP contribution in [-0.4, -0.2) is 10.1 Å². The first-order chi connectivity index (χ1) is 7.62. The van der Waals surface area contributed by atoms with E-state index in [1.807, 2.05) is 0 Å². The van der Waals surface area contributed by atoms with Crippen LogP contribution in [-0.2, 0) is 11.0 Å². The molecular weight excluding hydrogens is 214 g/mol. The van der Waals surface area contributed by atoms with Crippen molar-refractivity contribution in [2.45, 2.75) is 64.8 Å². The van der Waals surface area contributed by atoms with Gasteiger partial charge in [-0.3, -0.25) is 0 Å². The zero-order valence-electron chi connectivity index (χ0n) is 11.5. The fraction of sp³-hybridized carbons (Fsp3) is 0.846. The van der Waals surface area contributed by atoms with Crippen LogP contribution in [0.15, 0.2) is 4.52 Å². The molecule has 0 bridgehead atoms. The lowest BCUT2D eigenvalue weighted by Crippen LogP contribution is -2.36. The van der Waals surface area contributed by atoms with Gasteiger partial charge in [-0.05, 0) is 24.7 Å². The smallest absolute Gasteiger partial charge is 0.232 e. The normalized spacial score (nSPS) is 28.6. The average Bonchev–Trinajstić information content (AvgIpc) is 2.70. The molecule has 0 aromatic carbocycles. The van der Waals surface area contributed by atoms with Crippen LogP contribution in [0.2, 0.25) is 0 Å². The van der Waals surface area contributed by atoms with E-state index in [1.54, 1.807) is 0 Å². The van der Waals surface area contributed by atoms with Gasteiger partial charge in [-0.25, -0.2) is 0 Å². The Hall–Kier alpha value is -0.900. The van der Waals surface area contributed by atoms with Crippen molar-refractivity contribution >= 4 is 0 Å². The Labute approximate surface area is 103 Å². The Bertz CT molecular complexity index is 417. The third-order valence-electron chi connectivity index (χ3n) is 3.55. The fourth-order valence-electron chi connectivity index (χ4n) is 2.51. The largest absolute Gasteiger partial charge is 0.339 e. The first-order valence-corrected chi connectivity index (χ1v) is 6.26. The molecule has 1 aromatic rings. The van der Waals surface area contributed by atoms with Crippen LogP contribution < -0.4 is 5.73 Å². The number of nitrogens with two attached hydrogens (primary N) is 1. The van der Waals surface area contributed by atoms with Crippen LogP contribution in [0.25, 0.3) is 0 Å². The predicted octanol–water partition coefficient (Wildman–Crippen LogP) is 2.73. The lowest BCUT2D eigenvalue weighted by atomic mass is 9.88. The summed E-state index contributed by atoms with van der Waals surface area (Å²) in [5.74, 6) is 1.34. The van der Waals surface area contributed by atoms with Gasteiger partial charge in [0.15, 0.2) is 5.82 Å². The lowest BCUT2D eigenvalue weighted by molar-refractivity contribution is 0.299. The van der Waals surface area contributed by atoms with E-state index in [1.165, 1.54) is 0 Å². The lowest BCUT2D eigenvalue weighted by Gasteiger charge is -2.22. The van der Waals surface area contributed by atoms with Crippen molar-refractivity contribution in [3.8, 4) is 0 Å². The van der Waals surface area contributed by atoms with Gasteiger partial charge in [-0.2, -0.15) is 4.98 Å². The Kier molecular flexibility index (Phi) is 2.62. The second-order valence-corrected chi connectivity index (χ2v) is 7.17. The maximum atomic E-state index is 6.43. The molecule has 1 atom stereocenters. The average molecular weight is 237 g/mol. The van der Waals surface area contributed by atoms with E-state index < -0.39 is 5.54 Å². The maximum absolute atomic E-state index is 6.43. The van der Waals surface area contributed by atoms with Crippen LogP contribution in [0.5, 0.6) is 0 Å². The number of hydrogen-bond donors (Lipinski definition) is 1. The summed E-state index contributed by atoms with van der Waals surface area (Å²) in [6.07, 6.45) is 2.97. The zero-order chi connectivity index (χ0) is 12.9. The SMILES string of the molecule is CC1(C)CCC(N)(c2noc(C(C)(C)C)n2)C1. The molecule has 1 aliphatic rings. The van der Waals surface area contributed by atoms with E-state index in [9.17, 15) is 0 Å². The third-order valence-corrected chi connectivity index (χ3v) is 3.55. The number of nitrogens with zero attached hydrogens (tertiary/aromatic N) is 2. The molecule has 2 rings (SSSR count). The van der Waals surface area contributed by atoms with E-state index in [0.717, 1.165) is 19.3 Å². The molecule has 2 N–H and O–H groups in total. The van der Waals surface area contributed by atoms with Crippen LogP contribution >= 0.6 is 0 Å². The number of rotatable bonds is 1. The van der Waals surface area contributed by atoms with Crippen molar-refractivity contribution < 1.29 is 4.52 Å². The molecule has 1 aliphatic carbocycles. The second-order valence-electron chi connectivity index (χ2n) is 7.17. The van der Waals surface area contributed by atoms with Crippen molar-refractivity contribution in [2.75, 3.05) is 0 Å². The summed E-state index contributed by atoms with van der Waals surface area (Å²) in [7, 11) is 0. The zero-order valence-corrected chi connectivity index (χ0v) is 11.5. The molecule has 4 nitrogen and oxygen atoms in total. The molecule has 0 radical (unpaired) electrons. The molecule has 17 heavy (non-hydrogen) atoms. The maximum Gasteiger partial charge on any atom is 0.232 e. The molecule has 1 saturated carbocycles. The summed E-state index contributed by atoms with van der Waals surface area (Å²) >= 11 is 0.